The second-order valence-electron chi connectivity index (χ2n) is 6.09. The molecule has 1 aromatic heterocycles. The van der Waals surface area contributed by atoms with Gasteiger partial charge in [-0.05, 0) is 44.3 Å². The van der Waals surface area contributed by atoms with Crippen LogP contribution in [0, 0.1) is 5.82 Å². The maximum Gasteiger partial charge on any atom is 0.253 e. The normalized spacial score (nSPS) is 17.7. The maximum atomic E-state index is 13.9. The zero-order valence-electron chi connectivity index (χ0n) is 13.4. The number of hydrogen-bond donors (Lipinski definition) is 0. The summed E-state index contributed by atoms with van der Waals surface area (Å²) in [6.45, 7) is 1.50. The molecule has 23 heavy (non-hydrogen) atoms. The van der Waals surface area contributed by atoms with E-state index >= 15 is 0 Å². The highest BCUT2D eigenvalue weighted by atomic mass is 19.1. The van der Waals surface area contributed by atoms with Gasteiger partial charge in [0, 0.05) is 36.5 Å². The van der Waals surface area contributed by atoms with Gasteiger partial charge in [-0.25, -0.2) is 4.39 Å². The van der Waals surface area contributed by atoms with Crippen LogP contribution in [-0.4, -0.2) is 53.9 Å². The zero-order chi connectivity index (χ0) is 16.4. The summed E-state index contributed by atoms with van der Waals surface area (Å²) in [7, 11) is 4.07. The van der Waals surface area contributed by atoms with Crippen LogP contribution < -0.4 is 0 Å². The van der Waals surface area contributed by atoms with E-state index in [1.807, 2.05) is 25.1 Å². The van der Waals surface area contributed by atoms with Crippen molar-refractivity contribution in [2.24, 2.45) is 0 Å². The molecule has 5 heteroatoms. The minimum Gasteiger partial charge on any atom is -0.337 e. The van der Waals surface area contributed by atoms with Gasteiger partial charge in [0.1, 0.15) is 5.82 Å². The van der Waals surface area contributed by atoms with E-state index in [4.69, 9.17) is 0 Å². The first-order valence-corrected chi connectivity index (χ1v) is 7.72. The number of halogens is 1. The lowest BCUT2D eigenvalue weighted by molar-refractivity contribution is 0.0783. The average molecular weight is 313 g/mol. The number of carbonyl (C=O) groups is 1. The van der Waals surface area contributed by atoms with E-state index in [2.05, 4.69) is 9.88 Å². The average Bonchev–Trinajstić information content (AvgIpc) is 3.05. The molecule has 3 rings (SSSR count). The number of hydrogen-bond acceptors (Lipinski definition) is 3. The quantitative estimate of drug-likeness (QED) is 0.874. The van der Waals surface area contributed by atoms with E-state index in [1.54, 1.807) is 30.5 Å². The summed E-state index contributed by atoms with van der Waals surface area (Å²) in [5.74, 6) is -0.378. The van der Waals surface area contributed by atoms with Crippen LogP contribution in [0.25, 0.3) is 11.1 Å². The fourth-order valence-electron chi connectivity index (χ4n) is 2.96. The van der Waals surface area contributed by atoms with Crippen molar-refractivity contribution >= 4 is 5.91 Å². The van der Waals surface area contributed by atoms with Crippen LogP contribution in [0.3, 0.4) is 0 Å². The van der Waals surface area contributed by atoms with Gasteiger partial charge in [-0.2, -0.15) is 0 Å². The van der Waals surface area contributed by atoms with Crippen molar-refractivity contribution in [2.75, 3.05) is 27.2 Å². The molecule has 1 amide bonds. The van der Waals surface area contributed by atoms with Crippen LogP contribution in [0.4, 0.5) is 4.39 Å². The van der Waals surface area contributed by atoms with E-state index in [0.717, 1.165) is 19.5 Å². The maximum absolute atomic E-state index is 13.9. The molecule has 0 spiro atoms. The molecule has 0 N–H and O–H groups in total. The third-order valence-electron chi connectivity index (χ3n) is 4.37. The molecule has 0 saturated carbocycles. The number of carbonyl (C=O) groups excluding carboxylic acids is 1. The van der Waals surface area contributed by atoms with Gasteiger partial charge in [-0.15, -0.1) is 0 Å². The number of rotatable bonds is 3. The molecule has 1 aliphatic rings. The predicted molar refractivity (Wildman–Crippen MR) is 87.6 cm³/mol. The lowest BCUT2D eigenvalue weighted by Gasteiger charge is -2.20. The number of aromatic nitrogens is 1. The smallest absolute Gasteiger partial charge is 0.253 e. The number of likely N-dealkylation sites (tertiary alicyclic amines) is 1. The molecule has 1 fully saturated rings. The molecular weight excluding hydrogens is 293 g/mol. The van der Waals surface area contributed by atoms with Gasteiger partial charge in [-0.3, -0.25) is 9.78 Å². The Labute approximate surface area is 135 Å². The number of likely N-dealkylation sites (N-methyl/N-ethyl adjacent to an activating group) is 1. The van der Waals surface area contributed by atoms with E-state index in [1.165, 1.54) is 6.20 Å². The van der Waals surface area contributed by atoms with E-state index in [0.29, 0.717) is 22.7 Å². The third-order valence-corrected chi connectivity index (χ3v) is 4.37. The molecule has 2 aromatic rings. The summed E-state index contributed by atoms with van der Waals surface area (Å²) < 4.78 is 13.9. The van der Waals surface area contributed by atoms with Crippen molar-refractivity contribution in [3.63, 3.8) is 0 Å². The van der Waals surface area contributed by atoms with Crippen molar-refractivity contribution < 1.29 is 9.18 Å². The minimum absolute atomic E-state index is 0.00524. The van der Waals surface area contributed by atoms with Crippen molar-refractivity contribution in [2.45, 2.75) is 12.5 Å². The molecule has 0 aliphatic carbocycles. The first-order chi connectivity index (χ1) is 11.1. The van der Waals surface area contributed by atoms with E-state index in [9.17, 15) is 9.18 Å². The topological polar surface area (TPSA) is 36.4 Å². The molecule has 1 aliphatic heterocycles. The number of amides is 1. The van der Waals surface area contributed by atoms with Crippen LogP contribution in [-0.2, 0) is 0 Å². The summed E-state index contributed by atoms with van der Waals surface area (Å²) in [5.41, 5.74) is 1.75. The van der Waals surface area contributed by atoms with Gasteiger partial charge in [0.25, 0.3) is 5.91 Å². The van der Waals surface area contributed by atoms with Crippen molar-refractivity contribution in [3.8, 4) is 11.1 Å². The second kappa shape index (κ2) is 6.46. The van der Waals surface area contributed by atoms with E-state index in [-0.39, 0.29) is 11.7 Å². The van der Waals surface area contributed by atoms with Crippen LogP contribution in [0.1, 0.15) is 16.8 Å². The summed E-state index contributed by atoms with van der Waals surface area (Å²) in [4.78, 5) is 20.5. The largest absolute Gasteiger partial charge is 0.337 e. The van der Waals surface area contributed by atoms with Gasteiger partial charge < -0.3 is 9.80 Å². The van der Waals surface area contributed by atoms with Crippen LogP contribution in [0.2, 0.25) is 0 Å². The Morgan fingerprint density at radius 3 is 2.87 bits per heavy atom. The highest BCUT2D eigenvalue weighted by molar-refractivity contribution is 5.95. The Morgan fingerprint density at radius 2 is 2.17 bits per heavy atom. The Morgan fingerprint density at radius 1 is 1.35 bits per heavy atom. The summed E-state index contributed by atoms with van der Waals surface area (Å²) in [6.07, 6.45) is 3.72. The van der Waals surface area contributed by atoms with Crippen LogP contribution in [0.15, 0.2) is 42.7 Å². The van der Waals surface area contributed by atoms with Gasteiger partial charge in [0.15, 0.2) is 0 Å². The second-order valence-corrected chi connectivity index (χ2v) is 6.09. The molecule has 120 valence electrons. The SMILES string of the molecule is CN(C)[C@@H]1CCN(C(=O)c2cccc(-c3ccncc3F)c2)C1. The fraction of sp³-hybridized carbons (Fsp3) is 0.333. The molecule has 0 bridgehead atoms. The van der Waals surface area contributed by atoms with Gasteiger partial charge in [-0.1, -0.05) is 12.1 Å². The van der Waals surface area contributed by atoms with Gasteiger partial charge >= 0.3 is 0 Å². The standard InChI is InChI=1S/C18H20FN3O/c1-21(2)15-7-9-22(12-15)18(23)14-5-3-4-13(10-14)16-6-8-20-11-17(16)19/h3-6,8,10-11,15H,7,9,12H2,1-2H3/t15-/m1/s1. The molecule has 2 heterocycles. The zero-order valence-corrected chi connectivity index (χ0v) is 13.4. The highest BCUT2D eigenvalue weighted by Gasteiger charge is 2.28. The Kier molecular flexibility index (Phi) is 4.39. The number of pyridine rings is 1. The van der Waals surface area contributed by atoms with Crippen molar-refractivity contribution in [3.05, 3.63) is 54.1 Å². The fourth-order valence-corrected chi connectivity index (χ4v) is 2.96. The molecule has 0 unspecified atom stereocenters. The Balaban J connectivity index is 1.83. The summed E-state index contributed by atoms with van der Waals surface area (Å²) >= 11 is 0. The van der Waals surface area contributed by atoms with Crippen LogP contribution >= 0.6 is 0 Å². The van der Waals surface area contributed by atoms with Gasteiger partial charge in [0.2, 0.25) is 0 Å². The summed E-state index contributed by atoms with van der Waals surface area (Å²) in [6, 6.07) is 9.16. The third kappa shape index (κ3) is 3.24. The van der Waals surface area contributed by atoms with E-state index < -0.39 is 0 Å². The molecule has 0 radical (unpaired) electrons. The predicted octanol–water partition coefficient (Wildman–Crippen LogP) is 2.66. The highest BCUT2D eigenvalue weighted by Crippen LogP contribution is 2.24. The lowest BCUT2D eigenvalue weighted by Crippen LogP contribution is -2.34. The molecule has 1 aromatic carbocycles. The summed E-state index contributed by atoms with van der Waals surface area (Å²) in [5, 5.41) is 0. The first kappa shape index (κ1) is 15.6. The molecular formula is C18H20FN3O. The minimum atomic E-state index is -0.383. The molecule has 1 atom stereocenters. The van der Waals surface area contributed by atoms with Crippen LogP contribution in [0.5, 0.6) is 0 Å². The molecule has 4 nitrogen and oxygen atoms in total. The molecule has 1 saturated heterocycles. The lowest BCUT2D eigenvalue weighted by atomic mass is 10.0. The first-order valence-electron chi connectivity index (χ1n) is 7.72. The number of nitrogens with zero attached hydrogens (tertiary/aromatic N) is 3. The Hall–Kier alpha value is -2.27. The Bertz CT molecular complexity index is 717. The monoisotopic (exact) mass is 313 g/mol. The van der Waals surface area contributed by atoms with Gasteiger partial charge in [0.05, 0.1) is 6.20 Å². The van der Waals surface area contributed by atoms with Crippen molar-refractivity contribution in [1.82, 2.24) is 14.8 Å². The number of benzene rings is 1. The van der Waals surface area contributed by atoms with Crippen molar-refractivity contribution in [1.29, 1.82) is 0 Å².